The van der Waals surface area contributed by atoms with Crippen LogP contribution in [-0.4, -0.2) is 11.2 Å². The summed E-state index contributed by atoms with van der Waals surface area (Å²) < 4.78 is 118. The number of alkyl halides is 2. The highest BCUT2D eigenvalue weighted by Gasteiger charge is 2.41. The summed E-state index contributed by atoms with van der Waals surface area (Å²) >= 11 is 0. The summed E-state index contributed by atoms with van der Waals surface area (Å²) in [5.41, 5.74) is -0.240. The third-order valence-corrected chi connectivity index (χ3v) is 7.23. The van der Waals surface area contributed by atoms with Crippen LogP contribution in [0.2, 0.25) is 0 Å². The molecule has 1 saturated carbocycles. The van der Waals surface area contributed by atoms with Gasteiger partial charge in [-0.1, -0.05) is 50.2 Å². The Hall–Kier alpha value is -3.92. The van der Waals surface area contributed by atoms with Crippen molar-refractivity contribution >= 4 is 0 Å². The van der Waals surface area contributed by atoms with E-state index in [1.807, 2.05) is 38.1 Å². The molecular weight excluding hydrogens is 580 g/mol. The summed E-state index contributed by atoms with van der Waals surface area (Å²) in [6, 6.07) is 12.6. The van der Waals surface area contributed by atoms with Crippen molar-refractivity contribution in [1.82, 2.24) is 0 Å². The third kappa shape index (κ3) is 7.01. The van der Waals surface area contributed by atoms with Crippen molar-refractivity contribution in [2.45, 2.75) is 57.7 Å². The molecule has 0 aliphatic heterocycles. The molecule has 5 rings (SSSR count). The minimum absolute atomic E-state index is 0.0995. The molecule has 43 heavy (non-hydrogen) atoms. The second-order valence-electron chi connectivity index (χ2n) is 9.96. The molecule has 4 aromatic carbocycles. The Kier molecular flexibility index (Phi) is 9.79. The maximum atomic E-state index is 15.1. The number of aliphatic hydroxyl groups is 1. The Labute approximate surface area is 243 Å². The van der Waals surface area contributed by atoms with Gasteiger partial charge in [0.2, 0.25) is 0 Å². The monoisotopic (exact) mass is 608 g/mol. The molecule has 10 heteroatoms. The Morgan fingerprint density at radius 2 is 1.14 bits per heavy atom. The summed E-state index contributed by atoms with van der Waals surface area (Å²) in [6.07, 6.45) is -1.81. The fraction of sp³-hybridized carbons (Fsp3) is 0.273. The Bertz CT molecular complexity index is 1530. The average Bonchev–Trinajstić information content (AvgIpc) is 2.96. The normalized spacial score (nSPS) is 16.8. The van der Waals surface area contributed by atoms with Gasteiger partial charge in [0.1, 0.15) is 28.8 Å². The lowest BCUT2D eigenvalue weighted by Crippen LogP contribution is -2.25. The van der Waals surface area contributed by atoms with Gasteiger partial charge < -0.3 is 9.84 Å². The Morgan fingerprint density at radius 3 is 1.67 bits per heavy atom. The largest absolute Gasteiger partial charge is 0.432 e. The zero-order valence-corrected chi connectivity index (χ0v) is 23.2. The Balaban J connectivity index is 0.00000207. The smallest absolute Gasteiger partial charge is 0.429 e. The van der Waals surface area contributed by atoms with Crippen LogP contribution >= 0.6 is 0 Å². The second-order valence-corrected chi connectivity index (χ2v) is 9.96. The van der Waals surface area contributed by atoms with E-state index in [2.05, 4.69) is 4.74 Å². The first-order valence-corrected chi connectivity index (χ1v) is 13.7. The summed E-state index contributed by atoms with van der Waals surface area (Å²) in [5.74, 6) is -11.0. The summed E-state index contributed by atoms with van der Waals surface area (Å²) in [5, 5.41) is 9.71. The fourth-order valence-corrected chi connectivity index (χ4v) is 5.08. The van der Waals surface area contributed by atoms with Crippen LogP contribution in [0.25, 0.3) is 22.3 Å². The molecule has 1 aliphatic carbocycles. The number of aliphatic hydroxyl groups excluding tert-OH is 1. The standard InChI is InChI=1S/C31H22F8O2.C2H6/c32-24-11-19(18-3-1-16(2-4-18)17-5-8-21(40)9-6-17)7-10-23(24)20-12-25(33)29(26(34)13-20)31(38,39)41-22-14-27(35)30(37)28(36)15-22;1-2/h1-4,7,10-15,17,21,40H,5-6,8-9H2;1-2H3. The minimum Gasteiger partial charge on any atom is -0.429 e. The summed E-state index contributed by atoms with van der Waals surface area (Å²) in [6.45, 7) is 4.00. The predicted octanol–water partition coefficient (Wildman–Crippen LogP) is 10.0. The zero-order valence-electron chi connectivity index (χ0n) is 23.2. The van der Waals surface area contributed by atoms with Crippen LogP contribution in [0.15, 0.2) is 66.7 Å². The lowest BCUT2D eigenvalue weighted by molar-refractivity contribution is -0.189. The van der Waals surface area contributed by atoms with Gasteiger partial charge in [0, 0.05) is 17.7 Å². The van der Waals surface area contributed by atoms with Crippen molar-refractivity contribution in [2.75, 3.05) is 0 Å². The number of ether oxygens (including phenoxy) is 1. The lowest BCUT2D eigenvalue weighted by atomic mass is 9.82. The maximum absolute atomic E-state index is 15.1. The van der Waals surface area contributed by atoms with Crippen molar-refractivity contribution in [3.63, 3.8) is 0 Å². The fourth-order valence-electron chi connectivity index (χ4n) is 5.08. The van der Waals surface area contributed by atoms with Gasteiger partial charge in [0.25, 0.3) is 0 Å². The highest BCUT2D eigenvalue weighted by Crippen LogP contribution is 2.39. The minimum atomic E-state index is -4.75. The number of hydrogen-bond donors (Lipinski definition) is 1. The van der Waals surface area contributed by atoms with Gasteiger partial charge in [-0.25, -0.2) is 26.3 Å². The van der Waals surface area contributed by atoms with Crippen molar-refractivity contribution < 1.29 is 45.0 Å². The van der Waals surface area contributed by atoms with E-state index in [9.17, 15) is 35.8 Å². The van der Waals surface area contributed by atoms with Gasteiger partial charge in [-0.05, 0) is 72.1 Å². The lowest BCUT2D eigenvalue weighted by Gasteiger charge is -2.25. The van der Waals surface area contributed by atoms with Crippen LogP contribution in [0, 0.1) is 34.9 Å². The molecule has 1 N–H and O–H groups in total. The molecule has 1 fully saturated rings. The van der Waals surface area contributed by atoms with Gasteiger partial charge >= 0.3 is 6.11 Å². The van der Waals surface area contributed by atoms with Gasteiger partial charge in [-0.3, -0.25) is 0 Å². The highest BCUT2D eigenvalue weighted by molar-refractivity contribution is 5.71. The van der Waals surface area contributed by atoms with E-state index in [0.717, 1.165) is 37.3 Å². The van der Waals surface area contributed by atoms with Gasteiger partial charge in [0.15, 0.2) is 17.5 Å². The molecule has 0 radical (unpaired) electrons. The van der Waals surface area contributed by atoms with Crippen molar-refractivity contribution in [1.29, 1.82) is 0 Å². The summed E-state index contributed by atoms with van der Waals surface area (Å²) in [7, 11) is 0. The first-order chi connectivity index (χ1) is 20.4. The van der Waals surface area contributed by atoms with Crippen molar-refractivity contribution in [2.24, 2.45) is 0 Å². The highest BCUT2D eigenvalue weighted by atomic mass is 19.3. The van der Waals surface area contributed by atoms with E-state index in [0.29, 0.717) is 29.2 Å². The van der Waals surface area contributed by atoms with E-state index in [-0.39, 0.29) is 29.4 Å². The molecule has 0 bridgehead atoms. The molecule has 0 spiro atoms. The van der Waals surface area contributed by atoms with Gasteiger partial charge in [-0.15, -0.1) is 0 Å². The molecule has 1 aliphatic rings. The van der Waals surface area contributed by atoms with E-state index in [1.165, 1.54) is 12.1 Å². The van der Waals surface area contributed by atoms with Crippen LogP contribution in [-0.2, 0) is 6.11 Å². The third-order valence-electron chi connectivity index (χ3n) is 7.23. The number of benzene rings is 4. The average molecular weight is 609 g/mol. The first kappa shape index (κ1) is 32.0. The maximum Gasteiger partial charge on any atom is 0.432 e. The van der Waals surface area contributed by atoms with Crippen LogP contribution in [0.1, 0.15) is 56.6 Å². The van der Waals surface area contributed by atoms with Gasteiger partial charge in [-0.2, -0.15) is 8.78 Å². The van der Waals surface area contributed by atoms with Crippen LogP contribution in [0.5, 0.6) is 5.75 Å². The van der Waals surface area contributed by atoms with Crippen LogP contribution < -0.4 is 4.74 Å². The van der Waals surface area contributed by atoms with Crippen LogP contribution in [0.3, 0.4) is 0 Å². The molecule has 0 amide bonds. The molecule has 2 nitrogen and oxygen atoms in total. The summed E-state index contributed by atoms with van der Waals surface area (Å²) in [4.78, 5) is 0. The molecule has 4 aromatic rings. The van der Waals surface area contributed by atoms with E-state index in [4.69, 9.17) is 0 Å². The predicted molar refractivity (Wildman–Crippen MR) is 147 cm³/mol. The first-order valence-electron chi connectivity index (χ1n) is 13.7. The molecule has 0 heterocycles. The van der Waals surface area contributed by atoms with Crippen LogP contribution in [0.4, 0.5) is 35.1 Å². The number of hydrogen-bond acceptors (Lipinski definition) is 2. The van der Waals surface area contributed by atoms with E-state index in [1.54, 1.807) is 0 Å². The topological polar surface area (TPSA) is 29.5 Å². The van der Waals surface area contributed by atoms with Crippen molar-refractivity contribution in [3.8, 4) is 28.0 Å². The van der Waals surface area contributed by atoms with Gasteiger partial charge in [0.05, 0.1) is 6.10 Å². The molecular formula is C33H28F8O2. The van der Waals surface area contributed by atoms with Crippen molar-refractivity contribution in [3.05, 3.63) is 113 Å². The quantitative estimate of drug-likeness (QED) is 0.174. The second kappa shape index (κ2) is 13.2. The molecule has 0 unspecified atom stereocenters. The number of halogens is 8. The molecule has 228 valence electrons. The Morgan fingerprint density at radius 1 is 0.628 bits per heavy atom. The molecule has 0 saturated heterocycles. The number of rotatable bonds is 6. The van der Waals surface area contributed by atoms with E-state index >= 15 is 4.39 Å². The SMILES string of the molecule is CC.OC1CCC(c2ccc(-c3ccc(-c4cc(F)c(C(F)(F)Oc5cc(F)c(F)c(F)c5)c(F)c4)c(F)c3)cc2)CC1. The zero-order chi connectivity index (χ0) is 31.5. The molecule has 0 aromatic heterocycles. The van der Waals surface area contributed by atoms with E-state index < -0.39 is 52.3 Å². The molecule has 0 atom stereocenters.